The lowest BCUT2D eigenvalue weighted by molar-refractivity contribution is 0.346. The van der Waals surface area contributed by atoms with Crippen molar-refractivity contribution in [2.24, 2.45) is 0 Å². The molecular weight excluding hydrogens is 460 g/mol. The number of piperazine rings is 1. The van der Waals surface area contributed by atoms with E-state index < -0.39 is 15.5 Å². The van der Waals surface area contributed by atoms with Crippen LogP contribution in [0.25, 0.3) is 16.2 Å². The zero-order valence-corrected chi connectivity index (χ0v) is 20.4. The molecule has 2 saturated heterocycles. The quantitative estimate of drug-likeness (QED) is 0.601. The molecule has 3 aromatic rings. The van der Waals surface area contributed by atoms with Gasteiger partial charge < -0.3 is 10.2 Å². The average molecular weight is 489 g/mol. The SMILES string of the molecule is CC1CN(c2ccc3c(=O)c(S(=O)(=O)N4CCCCC4)cn(-c4nccs4)c3n2)CC(C)N1. The minimum atomic E-state index is -3.91. The van der Waals surface area contributed by atoms with Gasteiger partial charge in [-0.1, -0.05) is 6.42 Å². The van der Waals surface area contributed by atoms with Crippen LogP contribution >= 0.6 is 11.3 Å². The Morgan fingerprint density at radius 2 is 1.82 bits per heavy atom. The van der Waals surface area contributed by atoms with Gasteiger partial charge in [0, 0.05) is 56.0 Å². The molecule has 2 aliphatic heterocycles. The van der Waals surface area contributed by atoms with Crippen molar-refractivity contribution in [3.05, 3.63) is 40.1 Å². The number of thiazole rings is 1. The molecule has 0 bridgehead atoms. The molecule has 0 radical (unpaired) electrons. The fourth-order valence-corrected chi connectivity index (χ4v) is 6.99. The molecule has 3 aromatic heterocycles. The van der Waals surface area contributed by atoms with Crippen LogP contribution in [-0.2, 0) is 10.0 Å². The Labute approximate surface area is 197 Å². The highest BCUT2D eigenvalue weighted by Gasteiger charge is 2.31. The predicted molar refractivity (Wildman–Crippen MR) is 130 cm³/mol. The highest BCUT2D eigenvalue weighted by Crippen LogP contribution is 2.26. The Bertz CT molecular complexity index is 1310. The van der Waals surface area contributed by atoms with Crippen LogP contribution in [0.2, 0.25) is 0 Å². The molecule has 0 aliphatic carbocycles. The van der Waals surface area contributed by atoms with Crippen LogP contribution in [-0.4, -0.2) is 65.5 Å². The largest absolute Gasteiger partial charge is 0.353 e. The fraction of sp³-hybridized carbons (Fsp3) is 0.500. The summed E-state index contributed by atoms with van der Waals surface area (Å²) in [5, 5.41) is 6.18. The van der Waals surface area contributed by atoms with Gasteiger partial charge in [-0.05, 0) is 38.8 Å². The molecule has 2 fully saturated rings. The number of pyridine rings is 2. The van der Waals surface area contributed by atoms with Gasteiger partial charge in [0.1, 0.15) is 10.7 Å². The van der Waals surface area contributed by atoms with Crippen molar-refractivity contribution in [2.75, 3.05) is 31.1 Å². The van der Waals surface area contributed by atoms with Crippen LogP contribution in [0, 0.1) is 0 Å². The summed E-state index contributed by atoms with van der Waals surface area (Å²) in [6.45, 7) is 6.73. The maximum atomic E-state index is 13.4. The normalized spacial score (nSPS) is 22.7. The smallest absolute Gasteiger partial charge is 0.248 e. The molecule has 1 N–H and O–H groups in total. The van der Waals surface area contributed by atoms with Gasteiger partial charge in [-0.25, -0.2) is 18.4 Å². The lowest BCUT2D eigenvalue weighted by Gasteiger charge is -2.37. The standard InChI is InChI=1S/C22H28N6O3S2/c1-15-12-26(13-16(2)24-15)19-7-6-17-20(29)18(33(30,31)27-9-4-3-5-10-27)14-28(21(17)25-19)22-23-8-11-32-22/h6-8,11,14-16,24H,3-5,9-10,12-13H2,1-2H3. The molecular formula is C22H28N6O3S2. The molecule has 9 nitrogen and oxygen atoms in total. The summed E-state index contributed by atoms with van der Waals surface area (Å²) in [5.74, 6) is 0.763. The second-order valence-electron chi connectivity index (χ2n) is 8.89. The lowest BCUT2D eigenvalue weighted by Crippen LogP contribution is -2.54. The van der Waals surface area contributed by atoms with E-state index in [4.69, 9.17) is 4.98 Å². The molecule has 5 rings (SSSR count). The van der Waals surface area contributed by atoms with Crippen LogP contribution in [0.4, 0.5) is 5.82 Å². The van der Waals surface area contributed by atoms with Crippen LogP contribution in [0.15, 0.2) is 39.6 Å². The number of piperidine rings is 1. The van der Waals surface area contributed by atoms with E-state index in [0.29, 0.717) is 36.0 Å². The third-order valence-electron chi connectivity index (χ3n) is 6.24. The van der Waals surface area contributed by atoms with Crippen molar-refractivity contribution in [1.82, 2.24) is 24.2 Å². The van der Waals surface area contributed by atoms with Gasteiger partial charge >= 0.3 is 0 Å². The number of hydrogen-bond acceptors (Lipinski definition) is 8. The molecule has 176 valence electrons. The molecule has 0 spiro atoms. The molecule has 5 heterocycles. The molecule has 0 aromatic carbocycles. The fourth-order valence-electron chi connectivity index (χ4n) is 4.77. The maximum absolute atomic E-state index is 13.4. The maximum Gasteiger partial charge on any atom is 0.248 e. The van der Waals surface area contributed by atoms with Crippen molar-refractivity contribution in [3.8, 4) is 5.13 Å². The summed E-state index contributed by atoms with van der Waals surface area (Å²) in [6, 6.07) is 4.14. The van der Waals surface area contributed by atoms with E-state index in [2.05, 4.69) is 29.0 Å². The van der Waals surface area contributed by atoms with Crippen molar-refractivity contribution in [1.29, 1.82) is 0 Å². The summed E-state index contributed by atoms with van der Waals surface area (Å²) in [5.41, 5.74) is -0.0895. The molecule has 2 aliphatic rings. The van der Waals surface area contributed by atoms with E-state index >= 15 is 0 Å². The van der Waals surface area contributed by atoms with Gasteiger partial charge in [0.05, 0.1) is 5.39 Å². The highest BCUT2D eigenvalue weighted by atomic mass is 32.2. The first-order chi connectivity index (χ1) is 15.8. The first-order valence-electron chi connectivity index (χ1n) is 11.3. The molecule has 2 atom stereocenters. The Hall–Kier alpha value is -2.34. The number of fused-ring (bicyclic) bond motifs is 1. The summed E-state index contributed by atoms with van der Waals surface area (Å²) < 4.78 is 29.9. The second kappa shape index (κ2) is 8.79. The monoisotopic (exact) mass is 488 g/mol. The van der Waals surface area contributed by atoms with E-state index in [-0.39, 0.29) is 10.3 Å². The zero-order chi connectivity index (χ0) is 23.2. The average Bonchev–Trinajstić information content (AvgIpc) is 3.33. The molecule has 0 saturated carbocycles. The predicted octanol–water partition coefficient (Wildman–Crippen LogP) is 2.20. The molecule has 33 heavy (non-hydrogen) atoms. The number of rotatable bonds is 4. The van der Waals surface area contributed by atoms with Crippen molar-refractivity contribution < 1.29 is 8.42 Å². The number of sulfonamides is 1. The van der Waals surface area contributed by atoms with Gasteiger partial charge in [0.15, 0.2) is 10.8 Å². The van der Waals surface area contributed by atoms with Gasteiger partial charge in [-0.2, -0.15) is 4.31 Å². The number of hydrogen-bond donors (Lipinski definition) is 1. The van der Waals surface area contributed by atoms with Crippen LogP contribution in [0.5, 0.6) is 0 Å². The number of nitrogens with zero attached hydrogens (tertiary/aromatic N) is 5. The van der Waals surface area contributed by atoms with Crippen LogP contribution in [0.3, 0.4) is 0 Å². The topological polar surface area (TPSA) is 100 Å². The van der Waals surface area contributed by atoms with E-state index in [0.717, 1.165) is 38.2 Å². The van der Waals surface area contributed by atoms with Gasteiger partial charge in [-0.15, -0.1) is 11.3 Å². The van der Waals surface area contributed by atoms with Gasteiger partial charge in [0.2, 0.25) is 15.5 Å². The Balaban J connectivity index is 1.68. The minimum Gasteiger partial charge on any atom is -0.353 e. The Morgan fingerprint density at radius 3 is 2.48 bits per heavy atom. The minimum absolute atomic E-state index is 0.217. The third-order valence-corrected chi connectivity index (χ3v) is 8.91. The zero-order valence-electron chi connectivity index (χ0n) is 18.8. The van der Waals surface area contributed by atoms with Crippen molar-refractivity contribution in [2.45, 2.75) is 50.1 Å². The van der Waals surface area contributed by atoms with Crippen molar-refractivity contribution in [3.63, 3.8) is 0 Å². The van der Waals surface area contributed by atoms with E-state index in [1.54, 1.807) is 16.8 Å². The Morgan fingerprint density at radius 1 is 1.09 bits per heavy atom. The summed E-state index contributed by atoms with van der Waals surface area (Å²) in [6.07, 6.45) is 5.68. The third kappa shape index (κ3) is 4.18. The van der Waals surface area contributed by atoms with E-state index in [1.807, 2.05) is 11.4 Å². The summed E-state index contributed by atoms with van der Waals surface area (Å²) in [4.78, 5) is 24.6. The van der Waals surface area contributed by atoms with Crippen LogP contribution in [0.1, 0.15) is 33.1 Å². The lowest BCUT2D eigenvalue weighted by atomic mass is 10.1. The second-order valence-corrected chi connectivity index (χ2v) is 11.7. The number of anilines is 1. The summed E-state index contributed by atoms with van der Waals surface area (Å²) >= 11 is 1.37. The molecule has 0 amide bonds. The first kappa shape index (κ1) is 22.5. The van der Waals surface area contributed by atoms with E-state index in [1.165, 1.54) is 21.8 Å². The molecule has 11 heteroatoms. The highest BCUT2D eigenvalue weighted by molar-refractivity contribution is 7.89. The van der Waals surface area contributed by atoms with E-state index in [9.17, 15) is 13.2 Å². The van der Waals surface area contributed by atoms with Gasteiger partial charge in [-0.3, -0.25) is 9.36 Å². The number of aromatic nitrogens is 3. The van der Waals surface area contributed by atoms with Gasteiger partial charge in [0.25, 0.3) is 0 Å². The molecule has 2 unspecified atom stereocenters. The summed E-state index contributed by atoms with van der Waals surface area (Å²) in [7, 11) is -3.91. The van der Waals surface area contributed by atoms with Crippen LogP contribution < -0.4 is 15.6 Å². The first-order valence-corrected chi connectivity index (χ1v) is 13.6. The van der Waals surface area contributed by atoms with Crippen molar-refractivity contribution >= 4 is 38.2 Å². The number of nitrogens with one attached hydrogen (secondary N) is 1. The Kier molecular flexibility index (Phi) is 5.98.